The highest BCUT2D eigenvalue weighted by Gasteiger charge is 2.17. The van der Waals surface area contributed by atoms with E-state index in [1.54, 1.807) is 0 Å². The molecule has 1 unspecified atom stereocenters. The first-order chi connectivity index (χ1) is 9.24. The average molecular weight is 396 g/mol. The number of nitrogens with two attached hydrogens (primary N) is 1. The van der Waals surface area contributed by atoms with E-state index in [9.17, 15) is 0 Å². The number of piperidine rings is 1. The largest absolute Gasteiger partial charge is 0.370 e. The number of unbranched alkanes of at least 4 members (excludes halogenated alkanes) is 3. The highest BCUT2D eigenvalue weighted by molar-refractivity contribution is 14.0. The summed E-state index contributed by atoms with van der Waals surface area (Å²) in [6.07, 6.45) is 9.04. The summed E-state index contributed by atoms with van der Waals surface area (Å²) in [6, 6.07) is 0.725. The van der Waals surface area contributed by atoms with Gasteiger partial charge in [-0.25, -0.2) is 0 Å². The lowest BCUT2D eigenvalue weighted by atomic mass is 10.0. The second-order valence-electron chi connectivity index (χ2n) is 5.64. The molecule has 1 fully saturated rings. The molecule has 0 saturated carbocycles. The molecule has 1 saturated heterocycles. The van der Waals surface area contributed by atoms with E-state index in [4.69, 9.17) is 5.73 Å². The molecular formula is C15H33IN4. The summed E-state index contributed by atoms with van der Waals surface area (Å²) in [7, 11) is 0. The maximum absolute atomic E-state index is 5.86. The first-order valence-corrected chi connectivity index (χ1v) is 8.02. The van der Waals surface area contributed by atoms with Crippen molar-refractivity contribution in [2.24, 2.45) is 10.7 Å². The number of likely N-dealkylation sites (tertiary alicyclic amines) is 1. The van der Waals surface area contributed by atoms with Gasteiger partial charge in [0, 0.05) is 25.7 Å². The minimum absolute atomic E-state index is 0. The van der Waals surface area contributed by atoms with Crippen LogP contribution in [-0.4, -0.2) is 43.1 Å². The molecule has 0 bridgehead atoms. The lowest BCUT2D eigenvalue weighted by Gasteiger charge is -2.33. The van der Waals surface area contributed by atoms with E-state index in [2.05, 4.69) is 29.1 Å². The number of aliphatic imine (C=N–C) groups is 1. The van der Waals surface area contributed by atoms with Crippen LogP contribution in [0.15, 0.2) is 4.99 Å². The predicted molar refractivity (Wildman–Crippen MR) is 98.9 cm³/mol. The Hall–Kier alpha value is -0.0400. The van der Waals surface area contributed by atoms with E-state index < -0.39 is 0 Å². The molecule has 1 atom stereocenters. The zero-order valence-electron chi connectivity index (χ0n) is 13.2. The molecular weight excluding hydrogens is 363 g/mol. The first-order valence-electron chi connectivity index (χ1n) is 8.02. The second-order valence-corrected chi connectivity index (χ2v) is 5.64. The van der Waals surface area contributed by atoms with Crippen molar-refractivity contribution >= 4 is 29.9 Å². The molecule has 0 aromatic rings. The quantitative estimate of drug-likeness (QED) is 0.287. The molecule has 20 heavy (non-hydrogen) atoms. The monoisotopic (exact) mass is 396 g/mol. The van der Waals surface area contributed by atoms with E-state index in [0.717, 1.165) is 32.1 Å². The first kappa shape index (κ1) is 20.0. The normalized spacial score (nSPS) is 20.5. The summed E-state index contributed by atoms with van der Waals surface area (Å²) in [5.74, 6) is 0.612. The zero-order valence-corrected chi connectivity index (χ0v) is 15.6. The van der Waals surface area contributed by atoms with Crippen molar-refractivity contribution in [3.05, 3.63) is 0 Å². The van der Waals surface area contributed by atoms with Crippen molar-refractivity contribution in [3.63, 3.8) is 0 Å². The Morgan fingerprint density at radius 3 is 2.80 bits per heavy atom. The van der Waals surface area contributed by atoms with E-state index in [-0.39, 0.29) is 24.0 Å². The number of nitrogens with one attached hydrogen (secondary N) is 1. The van der Waals surface area contributed by atoms with Crippen LogP contribution < -0.4 is 11.1 Å². The Bertz CT molecular complexity index is 258. The molecule has 0 aromatic heterocycles. The Morgan fingerprint density at radius 2 is 2.10 bits per heavy atom. The molecule has 0 aromatic carbocycles. The summed E-state index contributed by atoms with van der Waals surface area (Å²) >= 11 is 0. The number of guanidine groups is 1. The van der Waals surface area contributed by atoms with Crippen LogP contribution in [0.25, 0.3) is 0 Å². The van der Waals surface area contributed by atoms with E-state index in [1.807, 2.05) is 0 Å². The third kappa shape index (κ3) is 9.00. The van der Waals surface area contributed by atoms with Gasteiger partial charge in [0.15, 0.2) is 5.96 Å². The fraction of sp³-hybridized carbons (Fsp3) is 0.933. The fourth-order valence-corrected chi connectivity index (χ4v) is 2.61. The van der Waals surface area contributed by atoms with Crippen molar-refractivity contribution < 1.29 is 0 Å². The van der Waals surface area contributed by atoms with Gasteiger partial charge in [0.1, 0.15) is 0 Å². The van der Waals surface area contributed by atoms with Crippen molar-refractivity contribution in [1.29, 1.82) is 0 Å². The molecule has 3 N–H and O–H groups in total. The van der Waals surface area contributed by atoms with Gasteiger partial charge in [-0.1, -0.05) is 32.6 Å². The van der Waals surface area contributed by atoms with Gasteiger partial charge in [0.2, 0.25) is 0 Å². The average Bonchev–Trinajstić information content (AvgIpc) is 2.41. The van der Waals surface area contributed by atoms with E-state index >= 15 is 0 Å². The summed E-state index contributed by atoms with van der Waals surface area (Å²) in [5, 5.41) is 3.23. The van der Waals surface area contributed by atoms with Crippen LogP contribution in [0.4, 0.5) is 0 Å². The van der Waals surface area contributed by atoms with Crippen molar-refractivity contribution in [3.8, 4) is 0 Å². The summed E-state index contributed by atoms with van der Waals surface area (Å²) in [6.45, 7) is 8.63. The Labute approximate surface area is 142 Å². The van der Waals surface area contributed by atoms with Gasteiger partial charge >= 0.3 is 0 Å². The molecule has 0 aliphatic carbocycles. The number of hydrogen-bond donors (Lipinski definition) is 2. The molecule has 0 amide bonds. The molecule has 1 aliphatic heterocycles. The van der Waals surface area contributed by atoms with Crippen LogP contribution in [-0.2, 0) is 0 Å². The van der Waals surface area contributed by atoms with Gasteiger partial charge in [-0.15, -0.1) is 24.0 Å². The smallest absolute Gasteiger partial charge is 0.188 e. The Balaban J connectivity index is 0.00000361. The lowest BCUT2D eigenvalue weighted by molar-refractivity contribution is 0.164. The highest BCUT2D eigenvalue weighted by Crippen LogP contribution is 2.15. The number of nitrogens with zero attached hydrogens (tertiary/aromatic N) is 2. The molecule has 1 heterocycles. The number of halogens is 1. The second kappa shape index (κ2) is 12.7. The standard InChI is InChI=1S/C15H32N4.HI/c1-3-4-5-7-10-17-15(16)18-11-13-19-12-8-6-9-14(19)2;/h14H,3-13H2,1-2H3,(H3,16,17,18);1H. The van der Waals surface area contributed by atoms with Gasteiger partial charge in [-0.05, 0) is 32.7 Å². The third-order valence-electron chi connectivity index (χ3n) is 3.94. The zero-order chi connectivity index (χ0) is 13.9. The molecule has 4 nitrogen and oxygen atoms in total. The minimum Gasteiger partial charge on any atom is -0.370 e. The van der Waals surface area contributed by atoms with Crippen LogP contribution in [0.5, 0.6) is 0 Å². The van der Waals surface area contributed by atoms with Crippen molar-refractivity contribution in [2.75, 3.05) is 26.2 Å². The fourth-order valence-electron chi connectivity index (χ4n) is 2.61. The topological polar surface area (TPSA) is 53.6 Å². The molecule has 0 spiro atoms. The van der Waals surface area contributed by atoms with Crippen molar-refractivity contribution in [1.82, 2.24) is 10.2 Å². The Kier molecular flexibility index (Phi) is 12.7. The minimum atomic E-state index is 0. The van der Waals surface area contributed by atoms with Crippen LogP contribution >= 0.6 is 24.0 Å². The van der Waals surface area contributed by atoms with Gasteiger partial charge in [-0.3, -0.25) is 9.89 Å². The maximum Gasteiger partial charge on any atom is 0.188 e. The molecule has 5 heteroatoms. The summed E-state index contributed by atoms with van der Waals surface area (Å²) in [5.41, 5.74) is 5.86. The SMILES string of the molecule is CCCCCCN=C(N)NCCN1CCCCC1C.I. The Morgan fingerprint density at radius 1 is 1.30 bits per heavy atom. The lowest BCUT2D eigenvalue weighted by Crippen LogP contribution is -2.43. The van der Waals surface area contributed by atoms with Crippen LogP contribution in [0, 0.1) is 0 Å². The van der Waals surface area contributed by atoms with Gasteiger partial charge in [0.25, 0.3) is 0 Å². The number of hydrogen-bond acceptors (Lipinski definition) is 2. The predicted octanol–water partition coefficient (Wildman–Crippen LogP) is 2.96. The summed E-state index contributed by atoms with van der Waals surface area (Å²) < 4.78 is 0. The van der Waals surface area contributed by atoms with Crippen LogP contribution in [0.2, 0.25) is 0 Å². The molecule has 1 aliphatic rings. The van der Waals surface area contributed by atoms with Gasteiger partial charge in [-0.2, -0.15) is 0 Å². The van der Waals surface area contributed by atoms with E-state index in [1.165, 1.54) is 45.1 Å². The van der Waals surface area contributed by atoms with Crippen molar-refractivity contribution in [2.45, 2.75) is 64.8 Å². The van der Waals surface area contributed by atoms with Gasteiger partial charge in [0.05, 0.1) is 0 Å². The van der Waals surface area contributed by atoms with Gasteiger partial charge < -0.3 is 11.1 Å². The van der Waals surface area contributed by atoms with E-state index in [0.29, 0.717) is 5.96 Å². The number of rotatable bonds is 8. The van der Waals surface area contributed by atoms with Crippen LogP contribution in [0.3, 0.4) is 0 Å². The van der Waals surface area contributed by atoms with Crippen LogP contribution in [0.1, 0.15) is 58.8 Å². The molecule has 0 radical (unpaired) electrons. The third-order valence-corrected chi connectivity index (χ3v) is 3.94. The molecule has 120 valence electrons. The highest BCUT2D eigenvalue weighted by atomic mass is 127. The summed E-state index contributed by atoms with van der Waals surface area (Å²) in [4.78, 5) is 6.91. The maximum atomic E-state index is 5.86. The molecule has 1 rings (SSSR count).